The summed E-state index contributed by atoms with van der Waals surface area (Å²) in [6.07, 6.45) is 2.67. The number of anilines is 1. The van der Waals surface area contributed by atoms with Crippen molar-refractivity contribution in [1.29, 1.82) is 5.26 Å². The second-order valence-electron chi connectivity index (χ2n) is 7.46. The molecule has 0 aliphatic carbocycles. The summed E-state index contributed by atoms with van der Waals surface area (Å²) >= 11 is 6.56. The maximum absolute atomic E-state index is 13.6. The number of halogens is 1. The monoisotopic (exact) mass is 433 g/mol. The van der Waals surface area contributed by atoms with E-state index in [0.717, 1.165) is 35.7 Å². The first-order valence-electron chi connectivity index (χ1n) is 10.5. The lowest BCUT2D eigenvalue weighted by molar-refractivity contribution is 0.0735. The Morgan fingerprint density at radius 2 is 1.94 bits per heavy atom. The van der Waals surface area contributed by atoms with E-state index in [-0.39, 0.29) is 10.9 Å². The third kappa shape index (κ3) is 3.89. The molecule has 158 valence electrons. The minimum absolute atomic E-state index is 0.151. The van der Waals surface area contributed by atoms with E-state index in [2.05, 4.69) is 11.0 Å². The van der Waals surface area contributed by atoms with Gasteiger partial charge in [0.2, 0.25) is 0 Å². The first-order chi connectivity index (χ1) is 15.1. The molecule has 7 heteroatoms. The average molecular weight is 434 g/mol. The number of carbonyl (C=O) groups excluding carboxylic acids is 1. The summed E-state index contributed by atoms with van der Waals surface area (Å²) in [4.78, 5) is 17.5. The zero-order chi connectivity index (χ0) is 22.0. The maximum atomic E-state index is 13.6. The zero-order valence-electron chi connectivity index (χ0n) is 17.7. The van der Waals surface area contributed by atoms with E-state index in [1.54, 1.807) is 11.0 Å². The number of aromatic nitrogens is 2. The molecule has 0 fully saturated rings. The predicted molar refractivity (Wildman–Crippen MR) is 122 cm³/mol. The molecule has 0 atom stereocenters. The topological polar surface area (TPSA) is 65.2 Å². The third-order valence-electron chi connectivity index (χ3n) is 5.72. The van der Waals surface area contributed by atoms with Gasteiger partial charge < -0.3 is 9.80 Å². The van der Waals surface area contributed by atoms with Crippen LogP contribution in [0.3, 0.4) is 0 Å². The smallest absolute Gasteiger partial charge is 0.257 e. The minimum Gasteiger partial charge on any atom is -0.371 e. The fourth-order valence-corrected chi connectivity index (χ4v) is 4.32. The van der Waals surface area contributed by atoms with Crippen LogP contribution in [-0.2, 0) is 13.0 Å². The molecule has 0 spiro atoms. The molecule has 1 aromatic heterocycles. The van der Waals surface area contributed by atoms with Crippen LogP contribution in [0.4, 0.5) is 5.69 Å². The molecule has 3 aromatic rings. The van der Waals surface area contributed by atoms with E-state index in [4.69, 9.17) is 16.7 Å². The Morgan fingerprint density at radius 3 is 2.61 bits per heavy atom. The normalized spacial score (nSPS) is 12.9. The summed E-state index contributed by atoms with van der Waals surface area (Å²) < 4.78 is 1.86. The van der Waals surface area contributed by atoms with E-state index in [0.29, 0.717) is 30.6 Å². The lowest BCUT2D eigenvalue weighted by Crippen LogP contribution is -2.37. The van der Waals surface area contributed by atoms with Gasteiger partial charge in [0.05, 0.1) is 33.2 Å². The van der Waals surface area contributed by atoms with E-state index in [9.17, 15) is 10.1 Å². The van der Waals surface area contributed by atoms with Crippen molar-refractivity contribution in [1.82, 2.24) is 14.7 Å². The Hall–Kier alpha value is -3.30. The van der Waals surface area contributed by atoms with Gasteiger partial charge in [-0.2, -0.15) is 10.4 Å². The zero-order valence-corrected chi connectivity index (χ0v) is 18.4. The number of benzene rings is 2. The van der Waals surface area contributed by atoms with Crippen molar-refractivity contribution in [3.05, 3.63) is 76.1 Å². The number of hydrogen-bond acceptors (Lipinski definition) is 4. The number of fused-ring (bicyclic) bond motifs is 1. The molecule has 0 N–H and O–H groups in total. The second kappa shape index (κ2) is 8.83. The number of para-hydroxylation sites is 1. The molecule has 4 rings (SSSR count). The molecule has 0 unspecified atom stereocenters. The van der Waals surface area contributed by atoms with Crippen LogP contribution in [0.25, 0.3) is 5.69 Å². The van der Waals surface area contributed by atoms with Crippen molar-refractivity contribution in [2.75, 3.05) is 24.5 Å². The number of amides is 1. The molecule has 6 nitrogen and oxygen atoms in total. The second-order valence-corrected chi connectivity index (χ2v) is 7.84. The van der Waals surface area contributed by atoms with Gasteiger partial charge >= 0.3 is 0 Å². The van der Waals surface area contributed by atoms with Crippen LogP contribution < -0.4 is 4.90 Å². The van der Waals surface area contributed by atoms with E-state index >= 15 is 0 Å². The third-order valence-corrected chi connectivity index (χ3v) is 6.12. The number of carbonyl (C=O) groups is 1. The van der Waals surface area contributed by atoms with Crippen LogP contribution in [0, 0.1) is 11.3 Å². The minimum atomic E-state index is -0.151. The Balaban J connectivity index is 1.67. The number of hydrogen-bond donors (Lipinski definition) is 0. The summed E-state index contributed by atoms with van der Waals surface area (Å²) in [5.41, 5.74) is 4.51. The standard InChI is InChI=1S/C24H24ClN5O/c1-3-28(4-2)21-11-10-17(14-26)23(25)22(21)24(31)29-13-12-20-18(15-29)16-30(27-20)19-8-6-5-7-9-19/h5-11,16H,3-4,12-13,15H2,1-2H3. The first kappa shape index (κ1) is 21.0. The summed E-state index contributed by atoms with van der Waals surface area (Å²) in [6.45, 7) is 6.58. The fourth-order valence-electron chi connectivity index (χ4n) is 4.04. The van der Waals surface area contributed by atoms with E-state index in [1.807, 2.05) is 61.1 Å². The van der Waals surface area contributed by atoms with E-state index < -0.39 is 0 Å². The number of nitriles is 1. The molecule has 0 saturated carbocycles. The van der Waals surface area contributed by atoms with Crippen LogP contribution in [0.15, 0.2) is 48.7 Å². The highest BCUT2D eigenvalue weighted by molar-refractivity contribution is 6.35. The van der Waals surface area contributed by atoms with Crippen LogP contribution >= 0.6 is 11.6 Å². The van der Waals surface area contributed by atoms with Gasteiger partial charge in [0.25, 0.3) is 5.91 Å². The van der Waals surface area contributed by atoms with Crippen LogP contribution in [0.1, 0.15) is 41.0 Å². The van der Waals surface area contributed by atoms with Crippen molar-refractivity contribution < 1.29 is 4.79 Å². The quantitative estimate of drug-likeness (QED) is 0.596. The molecule has 2 heterocycles. The molecular formula is C24H24ClN5O. The first-order valence-corrected chi connectivity index (χ1v) is 10.8. The molecule has 31 heavy (non-hydrogen) atoms. The fraction of sp³-hybridized carbons (Fsp3) is 0.292. The van der Waals surface area contributed by atoms with Gasteiger partial charge in [0.15, 0.2) is 0 Å². The van der Waals surface area contributed by atoms with Gasteiger partial charge in [-0.05, 0) is 38.1 Å². The van der Waals surface area contributed by atoms with Crippen LogP contribution in [0.2, 0.25) is 5.02 Å². The average Bonchev–Trinajstić information content (AvgIpc) is 3.24. The Bertz CT molecular complexity index is 1140. The Labute approximate surface area is 187 Å². The molecule has 0 saturated heterocycles. The molecule has 0 radical (unpaired) electrons. The Kier molecular flexibility index (Phi) is 5.97. The lowest BCUT2D eigenvalue weighted by atomic mass is 10.0. The van der Waals surface area contributed by atoms with E-state index in [1.165, 1.54) is 0 Å². The van der Waals surface area contributed by atoms with Crippen molar-refractivity contribution in [3.63, 3.8) is 0 Å². The number of nitrogens with zero attached hydrogens (tertiary/aromatic N) is 5. The SMILES string of the molecule is CCN(CC)c1ccc(C#N)c(Cl)c1C(=O)N1CCc2nn(-c3ccccc3)cc2C1. The predicted octanol–water partition coefficient (Wildman–Crippen LogP) is 4.44. The highest BCUT2D eigenvalue weighted by Crippen LogP contribution is 2.33. The van der Waals surface area contributed by atoms with Crippen molar-refractivity contribution >= 4 is 23.2 Å². The summed E-state index contributed by atoms with van der Waals surface area (Å²) in [5.74, 6) is -0.151. The van der Waals surface area contributed by atoms with Crippen molar-refractivity contribution in [2.24, 2.45) is 0 Å². The molecule has 1 aliphatic heterocycles. The molecular weight excluding hydrogens is 410 g/mol. The van der Waals surface area contributed by atoms with Crippen LogP contribution in [0.5, 0.6) is 0 Å². The maximum Gasteiger partial charge on any atom is 0.257 e. The summed E-state index contributed by atoms with van der Waals surface area (Å²) in [7, 11) is 0. The van der Waals surface area contributed by atoms with Gasteiger partial charge in [-0.15, -0.1) is 0 Å². The van der Waals surface area contributed by atoms with Gasteiger partial charge in [0, 0.05) is 44.4 Å². The van der Waals surface area contributed by atoms with Gasteiger partial charge in [-0.25, -0.2) is 4.68 Å². The van der Waals surface area contributed by atoms with Gasteiger partial charge in [-0.1, -0.05) is 29.8 Å². The highest BCUT2D eigenvalue weighted by atomic mass is 35.5. The summed E-state index contributed by atoms with van der Waals surface area (Å²) in [6, 6.07) is 15.5. The summed E-state index contributed by atoms with van der Waals surface area (Å²) in [5, 5.41) is 14.4. The van der Waals surface area contributed by atoms with Crippen molar-refractivity contribution in [3.8, 4) is 11.8 Å². The highest BCUT2D eigenvalue weighted by Gasteiger charge is 2.29. The molecule has 1 aliphatic rings. The lowest BCUT2D eigenvalue weighted by Gasteiger charge is -2.30. The Morgan fingerprint density at radius 1 is 1.19 bits per heavy atom. The molecule has 2 aromatic carbocycles. The van der Waals surface area contributed by atoms with Gasteiger partial charge in [0.1, 0.15) is 6.07 Å². The van der Waals surface area contributed by atoms with Crippen molar-refractivity contribution in [2.45, 2.75) is 26.8 Å². The van der Waals surface area contributed by atoms with Gasteiger partial charge in [-0.3, -0.25) is 4.79 Å². The molecule has 1 amide bonds. The molecule has 0 bridgehead atoms. The van der Waals surface area contributed by atoms with Crippen LogP contribution in [-0.4, -0.2) is 40.2 Å². The number of rotatable bonds is 5. The largest absolute Gasteiger partial charge is 0.371 e.